The molecule has 1 aliphatic carbocycles. The summed E-state index contributed by atoms with van der Waals surface area (Å²) in [5, 5.41) is 16.5. The molecule has 32 heavy (non-hydrogen) atoms. The number of hydrogen-bond donors (Lipinski definition) is 3. The molecule has 7 heteroatoms. The second-order valence-corrected chi connectivity index (χ2v) is 9.03. The molecule has 1 saturated heterocycles. The first-order valence-corrected chi connectivity index (χ1v) is 12.4. The van der Waals surface area contributed by atoms with Crippen LogP contribution in [0.5, 0.6) is 5.75 Å². The third-order valence-electron chi connectivity index (χ3n) is 6.63. The van der Waals surface area contributed by atoms with Crippen LogP contribution in [-0.4, -0.2) is 75.1 Å². The number of aliphatic hydroxyl groups excluding tert-OH is 1. The summed E-state index contributed by atoms with van der Waals surface area (Å²) in [6.45, 7) is 9.84. The molecule has 1 aromatic rings. The van der Waals surface area contributed by atoms with Crippen molar-refractivity contribution >= 4 is 5.96 Å². The van der Waals surface area contributed by atoms with Gasteiger partial charge in [0, 0.05) is 39.3 Å². The number of aliphatic imine (C=N–C) groups is 1. The first kappa shape index (κ1) is 24.8. The minimum Gasteiger partial charge on any atom is -0.492 e. The van der Waals surface area contributed by atoms with Crippen LogP contribution in [0.3, 0.4) is 0 Å². The van der Waals surface area contributed by atoms with Crippen molar-refractivity contribution in [2.45, 2.75) is 52.0 Å². The van der Waals surface area contributed by atoms with Gasteiger partial charge in [-0.25, -0.2) is 4.99 Å². The average molecular weight is 447 g/mol. The molecule has 1 saturated carbocycles. The summed E-state index contributed by atoms with van der Waals surface area (Å²) in [4.78, 5) is 7.19. The van der Waals surface area contributed by atoms with Crippen LogP contribution in [-0.2, 0) is 11.3 Å². The first-order chi connectivity index (χ1) is 15.7. The Bertz CT molecular complexity index is 680. The number of hydrogen-bond acceptors (Lipinski definition) is 5. The second kappa shape index (κ2) is 13.7. The lowest BCUT2D eigenvalue weighted by Gasteiger charge is -2.37. The highest BCUT2D eigenvalue weighted by atomic mass is 16.5. The number of aliphatic hydroxyl groups is 1. The van der Waals surface area contributed by atoms with Crippen LogP contribution >= 0.6 is 0 Å². The van der Waals surface area contributed by atoms with E-state index < -0.39 is 0 Å². The summed E-state index contributed by atoms with van der Waals surface area (Å²) in [7, 11) is 0. The third kappa shape index (κ3) is 8.26. The Labute approximate surface area is 193 Å². The van der Waals surface area contributed by atoms with Crippen LogP contribution in [0.25, 0.3) is 0 Å². The summed E-state index contributed by atoms with van der Waals surface area (Å²) >= 11 is 0. The van der Waals surface area contributed by atoms with E-state index in [-0.39, 0.29) is 12.0 Å². The van der Waals surface area contributed by atoms with Crippen LogP contribution in [0, 0.1) is 5.41 Å². The lowest BCUT2D eigenvalue weighted by atomic mass is 9.72. The highest BCUT2D eigenvalue weighted by Gasteiger charge is 2.31. The molecular formula is C25H42N4O3. The lowest BCUT2D eigenvalue weighted by Crippen LogP contribution is -2.44. The zero-order valence-electron chi connectivity index (χ0n) is 19.8. The number of benzene rings is 1. The molecule has 0 amide bonds. The molecule has 180 valence electrons. The van der Waals surface area contributed by atoms with Gasteiger partial charge < -0.3 is 25.2 Å². The van der Waals surface area contributed by atoms with Crippen molar-refractivity contribution in [3.8, 4) is 5.75 Å². The van der Waals surface area contributed by atoms with Crippen molar-refractivity contribution in [1.29, 1.82) is 0 Å². The summed E-state index contributed by atoms with van der Waals surface area (Å²) in [5.41, 5.74) is 1.33. The topological polar surface area (TPSA) is 78.4 Å². The summed E-state index contributed by atoms with van der Waals surface area (Å²) in [6.07, 6.45) is 7.06. The van der Waals surface area contributed by atoms with Gasteiger partial charge in [-0.2, -0.15) is 0 Å². The maximum atomic E-state index is 9.57. The summed E-state index contributed by atoms with van der Waals surface area (Å²) in [5.74, 6) is 1.74. The minimum absolute atomic E-state index is 0.192. The fraction of sp³-hybridized carbons (Fsp3) is 0.720. The molecule has 2 aliphatic rings. The fourth-order valence-electron chi connectivity index (χ4n) is 4.69. The molecule has 1 aromatic carbocycles. The quantitative estimate of drug-likeness (QED) is 0.358. The fourth-order valence-corrected chi connectivity index (χ4v) is 4.69. The zero-order valence-corrected chi connectivity index (χ0v) is 19.8. The number of morpholine rings is 1. The minimum atomic E-state index is 0.192. The highest BCUT2D eigenvalue weighted by molar-refractivity contribution is 5.79. The van der Waals surface area contributed by atoms with Crippen molar-refractivity contribution in [3.05, 3.63) is 29.8 Å². The van der Waals surface area contributed by atoms with Gasteiger partial charge in [0.25, 0.3) is 0 Å². The average Bonchev–Trinajstić information content (AvgIpc) is 2.83. The second-order valence-electron chi connectivity index (χ2n) is 9.03. The van der Waals surface area contributed by atoms with Crippen molar-refractivity contribution in [3.63, 3.8) is 0 Å². The van der Waals surface area contributed by atoms with Gasteiger partial charge in [0.05, 0.1) is 19.8 Å². The van der Waals surface area contributed by atoms with Crippen LogP contribution in [0.2, 0.25) is 0 Å². The standard InChI is InChI=1S/C25H42N4O3/c1-2-26-24(28-21-25(11-15-30)9-4-3-5-10-25)27-20-22-7-6-8-23(19-22)32-18-14-29-12-16-31-17-13-29/h6-8,19,30H,2-5,9-18,20-21H2,1H3,(H2,26,27,28). The molecule has 0 atom stereocenters. The van der Waals surface area contributed by atoms with Crippen molar-refractivity contribution < 1.29 is 14.6 Å². The van der Waals surface area contributed by atoms with Gasteiger partial charge in [0.2, 0.25) is 0 Å². The van der Waals surface area contributed by atoms with E-state index in [4.69, 9.17) is 14.5 Å². The van der Waals surface area contributed by atoms with E-state index in [9.17, 15) is 5.11 Å². The molecule has 0 bridgehead atoms. The Morgan fingerprint density at radius 3 is 2.75 bits per heavy atom. The van der Waals surface area contributed by atoms with Crippen LogP contribution in [0.4, 0.5) is 0 Å². The predicted octanol–water partition coefficient (Wildman–Crippen LogP) is 2.79. The molecule has 2 fully saturated rings. The molecule has 1 aliphatic heterocycles. The largest absolute Gasteiger partial charge is 0.492 e. The molecule has 3 rings (SSSR count). The summed E-state index contributed by atoms with van der Waals surface area (Å²) in [6, 6.07) is 8.22. The number of nitrogens with one attached hydrogen (secondary N) is 2. The maximum Gasteiger partial charge on any atom is 0.191 e. The Morgan fingerprint density at radius 2 is 2.00 bits per heavy atom. The molecule has 7 nitrogen and oxygen atoms in total. The SMILES string of the molecule is CCNC(=NCc1cccc(OCCN2CCOCC2)c1)NCC1(CCO)CCCCC1. The third-order valence-corrected chi connectivity index (χ3v) is 6.63. The van der Waals surface area contributed by atoms with Gasteiger partial charge in [0.15, 0.2) is 5.96 Å². The van der Waals surface area contributed by atoms with Crippen molar-refractivity contribution in [1.82, 2.24) is 15.5 Å². The smallest absolute Gasteiger partial charge is 0.191 e. The number of nitrogens with zero attached hydrogens (tertiary/aromatic N) is 2. The molecule has 0 spiro atoms. The molecule has 0 aromatic heterocycles. The molecular weight excluding hydrogens is 404 g/mol. The van der Waals surface area contributed by atoms with Gasteiger partial charge >= 0.3 is 0 Å². The summed E-state index contributed by atoms with van der Waals surface area (Å²) < 4.78 is 11.4. The normalized spacial score (nSPS) is 19.5. The van der Waals surface area contributed by atoms with Gasteiger partial charge in [-0.15, -0.1) is 0 Å². The van der Waals surface area contributed by atoms with E-state index in [0.29, 0.717) is 13.2 Å². The van der Waals surface area contributed by atoms with Gasteiger partial charge in [-0.3, -0.25) is 4.90 Å². The zero-order chi connectivity index (χ0) is 22.5. The number of rotatable bonds is 11. The number of guanidine groups is 1. The monoisotopic (exact) mass is 446 g/mol. The molecule has 1 heterocycles. The van der Waals surface area contributed by atoms with Crippen LogP contribution in [0.1, 0.15) is 51.0 Å². The van der Waals surface area contributed by atoms with Gasteiger partial charge in [-0.1, -0.05) is 31.4 Å². The van der Waals surface area contributed by atoms with Crippen LogP contribution in [0.15, 0.2) is 29.3 Å². The van der Waals surface area contributed by atoms with E-state index in [1.807, 2.05) is 12.1 Å². The van der Waals surface area contributed by atoms with Crippen molar-refractivity contribution in [2.24, 2.45) is 10.4 Å². The van der Waals surface area contributed by atoms with E-state index in [1.165, 1.54) is 32.1 Å². The van der Waals surface area contributed by atoms with Crippen LogP contribution < -0.4 is 15.4 Å². The maximum absolute atomic E-state index is 9.57. The van der Waals surface area contributed by atoms with E-state index in [2.05, 4.69) is 34.6 Å². The van der Waals surface area contributed by atoms with E-state index in [0.717, 1.165) is 69.6 Å². The van der Waals surface area contributed by atoms with E-state index >= 15 is 0 Å². The van der Waals surface area contributed by atoms with Gasteiger partial charge in [0.1, 0.15) is 12.4 Å². The van der Waals surface area contributed by atoms with Crippen molar-refractivity contribution in [2.75, 3.05) is 59.2 Å². The molecule has 0 radical (unpaired) electrons. The number of ether oxygens (including phenoxy) is 2. The Kier molecular flexibility index (Phi) is 10.6. The predicted molar refractivity (Wildman–Crippen MR) is 129 cm³/mol. The van der Waals surface area contributed by atoms with Gasteiger partial charge in [-0.05, 0) is 49.3 Å². The van der Waals surface area contributed by atoms with E-state index in [1.54, 1.807) is 0 Å². The Balaban J connectivity index is 1.50. The first-order valence-electron chi connectivity index (χ1n) is 12.4. The Morgan fingerprint density at radius 1 is 1.19 bits per heavy atom. The molecule has 0 unspecified atom stereocenters. The lowest BCUT2D eigenvalue weighted by molar-refractivity contribution is 0.0322. The Hall–Kier alpha value is -1.83. The molecule has 3 N–H and O–H groups in total. The highest BCUT2D eigenvalue weighted by Crippen LogP contribution is 2.38.